The van der Waals surface area contributed by atoms with Crippen LogP contribution in [0.3, 0.4) is 0 Å². The third kappa shape index (κ3) is 8.59. The number of piperidine rings is 1. The summed E-state index contributed by atoms with van der Waals surface area (Å²) in [5.74, 6) is 1.05. The summed E-state index contributed by atoms with van der Waals surface area (Å²) in [6.45, 7) is 4.85. The minimum absolute atomic E-state index is 0. The topological polar surface area (TPSA) is 26.0 Å². The summed E-state index contributed by atoms with van der Waals surface area (Å²) < 4.78 is 1.21. The fraction of sp³-hybridized carbons (Fsp3) is 1.00. The highest BCUT2D eigenvalue weighted by molar-refractivity contribution is 7.80. The number of hydrogen-bond donors (Lipinski definition) is 2. The summed E-state index contributed by atoms with van der Waals surface area (Å²) in [5, 5.41) is 0. The van der Waals surface area contributed by atoms with E-state index in [1.54, 1.807) is 0 Å². The van der Waals surface area contributed by atoms with Gasteiger partial charge in [-0.3, -0.25) is 5.73 Å². The van der Waals surface area contributed by atoms with Crippen molar-refractivity contribution in [2.24, 2.45) is 5.73 Å². The molecular weight excluding hydrogens is 320 g/mol. The lowest BCUT2D eigenvalue weighted by molar-refractivity contribution is -0.932. The third-order valence-electron chi connectivity index (χ3n) is 4.44. The molecule has 2 N–H and O–H groups in total. The molecule has 0 unspecified atom stereocenters. The third-order valence-corrected chi connectivity index (χ3v) is 4.76. The molecule has 1 saturated heterocycles. The average molecular weight is 353 g/mol. The molecule has 1 heterocycles. The molecule has 0 amide bonds. The van der Waals surface area contributed by atoms with Crippen LogP contribution >= 0.6 is 12.6 Å². The number of nitrogens with two attached hydrogens (primary N) is 1. The fourth-order valence-corrected chi connectivity index (χ4v) is 3.35. The largest absolute Gasteiger partial charge is 1.00 e. The fourth-order valence-electron chi connectivity index (χ4n) is 3.12. The van der Waals surface area contributed by atoms with Crippen LogP contribution < -0.4 is 22.7 Å². The van der Waals surface area contributed by atoms with E-state index in [4.69, 9.17) is 5.73 Å². The van der Waals surface area contributed by atoms with Crippen LogP contribution in [0.25, 0.3) is 0 Å². The molecule has 1 aliphatic rings. The number of quaternary nitrogens is 1. The van der Waals surface area contributed by atoms with E-state index in [1.807, 2.05) is 0 Å². The highest BCUT2D eigenvalue weighted by Crippen LogP contribution is 2.19. The molecular formula is C15H33BrN2S. The Balaban J connectivity index is 0.00000324. The van der Waals surface area contributed by atoms with Crippen molar-refractivity contribution >= 4 is 12.6 Å². The number of unbranched alkanes of at least 4 members (excludes halogenated alkanes) is 6. The minimum Gasteiger partial charge on any atom is -1.00 e. The quantitative estimate of drug-likeness (QED) is 0.335. The van der Waals surface area contributed by atoms with Crippen molar-refractivity contribution in [3.8, 4) is 0 Å². The van der Waals surface area contributed by atoms with E-state index in [-0.39, 0.29) is 17.0 Å². The van der Waals surface area contributed by atoms with Crippen molar-refractivity contribution in [2.45, 2.75) is 64.2 Å². The van der Waals surface area contributed by atoms with E-state index < -0.39 is 0 Å². The zero-order valence-electron chi connectivity index (χ0n) is 12.5. The molecule has 2 nitrogen and oxygen atoms in total. The first kappa shape index (κ1) is 19.8. The molecule has 0 aromatic rings. The van der Waals surface area contributed by atoms with E-state index in [9.17, 15) is 0 Å². The van der Waals surface area contributed by atoms with Crippen LogP contribution in [0.1, 0.15) is 64.2 Å². The molecule has 19 heavy (non-hydrogen) atoms. The van der Waals surface area contributed by atoms with Crippen molar-refractivity contribution in [3.63, 3.8) is 0 Å². The van der Waals surface area contributed by atoms with E-state index in [0.717, 1.165) is 12.4 Å². The molecule has 0 atom stereocenters. The van der Waals surface area contributed by atoms with Crippen molar-refractivity contribution in [2.75, 3.05) is 32.1 Å². The zero-order chi connectivity index (χ0) is 13.1. The van der Waals surface area contributed by atoms with Gasteiger partial charge in [-0.05, 0) is 44.3 Å². The van der Waals surface area contributed by atoms with Gasteiger partial charge in [-0.1, -0.05) is 25.7 Å². The van der Waals surface area contributed by atoms with Crippen LogP contribution in [0, 0.1) is 0 Å². The van der Waals surface area contributed by atoms with Crippen LogP contribution in [0.5, 0.6) is 0 Å². The second kappa shape index (κ2) is 12.5. The summed E-state index contributed by atoms with van der Waals surface area (Å²) in [4.78, 5) is 0. The lowest BCUT2D eigenvalue weighted by Crippen LogP contribution is -3.00. The second-order valence-electron chi connectivity index (χ2n) is 5.95. The average Bonchev–Trinajstić information content (AvgIpc) is 2.43. The SMILES string of the molecule is NC[N+]1(CCCCCCCCCS)CCCCC1.[Br-]. The molecule has 1 fully saturated rings. The van der Waals surface area contributed by atoms with Gasteiger partial charge in [0.15, 0.2) is 0 Å². The minimum atomic E-state index is 0. The van der Waals surface area contributed by atoms with E-state index in [1.165, 1.54) is 88.3 Å². The van der Waals surface area contributed by atoms with Crippen molar-refractivity contribution in [1.82, 2.24) is 0 Å². The van der Waals surface area contributed by atoms with Crippen molar-refractivity contribution < 1.29 is 21.5 Å². The molecule has 0 aromatic heterocycles. The normalized spacial score (nSPS) is 18.0. The molecule has 0 spiro atoms. The Labute approximate surface area is 136 Å². The van der Waals surface area contributed by atoms with Gasteiger partial charge in [0, 0.05) is 0 Å². The smallest absolute Gasteiger partial charge is 0.130 e. The zero-order valence-corrected chi connectivity index (χ0v) is 14.9. The Kier molecular flexibility index (Phi) is 13.0. The highest BCUT2D eigenvalue weighted by atomic mass is 79.9. The first-order chi connectivity index (χ1) is 8.83. The van der Waals surface area contributed by atoms with Crippen molar-refractivity contribution in [3.05, 3.63) is 0 Å². The highest BCUT2D eigenvalue weighted by Gasteiger charge is 2.27. The van der Waals surface area contributed by atoms with Gasteiger partial charge in [0.05, 0.1) is 19.6 Å². The number of likely N-dealkylation sites (tertiary alicyclic amines) is 1. The Hall–Kier alpha value is 0.750. The molecule has 0 saturated carbocycles. The van der Waals surface area contributed by atoms with Crippen LogP contribution in [0.4, 0.5) is 0 Å². The number of nitrogens with zero attached hydrogens (tertiary/aromatic N) is 1. The maximum absolute atomic E-state index is 6.00. The maximum atomic E-state index is 6.00. The number of thiol groups is 1. The van der Waals surface area contributed by atoms with Gasteiger partial charge in [0.2, 0.25) is 0 Å². The molecule has 0 aromatic carbocycles. The molecule has 116 valence electrons. The van der Waals surface area contributed by atoms with Gasteiger partial charge in [0.1, 0.15) is 6.67 Å². The molecule has 0 aliphatic carbocycles. The summed E-state index contributed by atoms with van der Waals surface area (Å²) in [6, 6.07) is 0. The van der Waals surface area contributed by atoms with E-state index in [2.05, 4.69) is 12.6 Å². The summed E-state index contributed by atoms with van der Waals surface area (Å²) >= 11 is 4.24. The van der Waals surface area contributed by atoms with Gasteiger partial charge < -0.3 is 21.5 Å². The lowest BCUT2D eigenvalue weighted by atomic mass is 10.1. The Morgan fingerprint density at radius 2 is 1.32 bits per heavy atom. The first-order valence-corrected chi connectivity index (χ1v) is 8.62. The molecule has 1 rings (SSSR count). The molecule has 4 heteroatoms. The van der Waals surface area contributed by atoms with Crippen molar-refractivity contribution in [1.29, 1.82) is 0 Å². The van der Waals surface area contributed by atoms with E-state index in [0.29, 0.717) is 0 Å². The second-order valence-corrected chi connectivity index (χ2v) is 6.40. The van der Waals surface area contributed by atoms with Crippen LogP contribution in [0.2, 0.25) is 0 Å². The predicted molar refractivity (Wildman–Crippen MR) is 83.9 cm³/mol. The Bertz CT molecular complexity index is 197. The standard InChI is InChI=1S/C15H32N2S.BrH/c16-15-17(12-8-6-9-13-17)11-7-4-2-1-3-5-10-14-18;/h1-16H2;1H. The van der Waals surface area contributed by atoms with Crippen LogP contribution in [-0.2, 0) is 0 Å². The maximum Gasteiger partial charge on any atom is 0.130 e. The number of halogens is 1. The van der Waals surface area contributed by atoms with Gasteiger partial charge in [0.25, 0.3) is 0 Å². The van der Waals surface area contributed by atoms with Gasteiger partial charge in [-0.2, -0.15) is 12.6 Å². The Morgan fingerprint density at radius 1 is 0.789 bits per heavy atom. The van der Waals surface area contributed by atoms with E-state index >= 15 is 0 Å². The molecule has 0 radical (unpaired) electrons. The summed E-state index contributed by atoms with van der Waals surface area (Å²) in [6.07, 6.45) is 13.9. The monoisotopic (exact) mass is 352 g/mol. The lowest BCUT2D eigenvalue weighted by Gasteiger charge is -2.40. The predicted octanol–water partition coefficient (Wildman–Crippen LogP) is 0.568. The molecule has 0 bridgehead atoms. The van der Waals surface area contributed by atoms with Gasteiger partial charge >= 0.3 is 0 Å². The number of rotatable bonds is 10. The first-order valence-electron chi connectivity index (χ1n) is 7.99. The molecule has 1 aliphatic heterocycles. The van der Waals surface area contributed by atoms with Gasteiger partial charge in [-0.15, -0.1) is 0 Å². The van der Waals surface area contributed by atoms with Crippen LogP contribution in [0.15, 0.2) is 0 Å². The van der Waals surface area contributed by atoms with Crippen LogP contribution in [-0.4, -0.2) is 36.5 Å². The summed E-state index contributed by atoms with van der Waals surface area (Å²) in [7, 11) is 0. The number of hydrogen-bond acceptors (Lipinski definition) is 2. The van der Waals surface area contributed by atoms with Gasteiger partial charge in [-0.25, -0.2) is 0 Å². The Morgan fingerprint density at radius 3 is 1.84 bits per heavy atom. The summed E-state index contributed by atoms with van der Waals surface area (Å²) in [5.41, 5.74) is 6.00.